The van der Waals surface area contributed by atoms with Crippen LogP contribution in [0.5, 0.6) is 0 Å². The van der Waals surface area contributed by atoms with Gasteiger partial charge in [-0.25, -0.2) is 0 Å². The molecule has 0 saturated carbocycles. The molecular weight excluding hydrogens is 274 g/mol. The highest BCUT2D eigenvalue weighted by Gasteiger charge is 2.31. The summed E-state index contributed by atoms with van der Waals surface area (Å²) in [6.07, 6.45) is 2.34. The van der Waals surface area contributed by atoms with Crippen LogP contribution in [0.1, 0.15) is 22.7 Å². The Hall–Kier alpha value is -1.64. The Balaban J connectivity index is 1.66. The van der Waals surface area contributed by atoms with Crippen LogP contribution in [-0.4, -0.2) is 7.05 Å². The minimum absolute atomic E-state index is 0.486. The molecule has 0 radical (unpaired) electrons. The zero-order chi connectivity index (χ0) is 14.2. The third-order valence-electron chi connectivity index (χ3n) is 4.70. The number of thiophene rings is 1. The number of hydrogen-bond acceptors (Lipinski definition) is 2. The van der Waals surface area contributed by atoms with Gasteiger partial charge in [0.2, 0.25) is 0 Å². The van der Waals surface area contributed by atoms with E-state index in [0.29, 0.717) is 12.0 Å². The Morgan fingerprint density at radius 1 is 1.10 bits per heavy atom. The molecule has 0 bridgehead atoms. The quantitative estimate of drug-likeness (QED) is 0.745. The third-order valence-corrected chi connectivity index (χ3v) is 5.71. The van der Waals surface area contributed by atoms with Crippen molar-refractivity contribution in [3.8, 4) is 0 Å². The Labute approximate surface area is 129 Å². The first-order valence-electron chi connectivity index (χ1n) is 7.57. The first-order valence-corrected chi connectivity index (χ1v) is 8.45. The molecule has 0 aliphatic heterocycles. The normalized spacial score (nSPS) is 20.8. The van der Waals surface area contributed by atoms with Gasteiger partial charge in [-0.2, -0.15) is 0 Å². The van der Waals surface area contributed by atoms with Crippen LogP contribution >= 0.6 is 11.3 Å². The van der Waals surface area contributed by atoms with Gasteiger partial charge in [0.25, 0.3) is 0 Å². The van der Waals surface area contributed by atoms with Crippen molar-refractivity contribution in [3.63, 3.8) is 0 Å². The lowest BCUT2D eigenvalue weighted by Crippen LogP contribution is -2.23. The van der Waals surface area contributed by atoms with Crippen molar-refractivity contribution in [2.24, 2.45) is 5.92 Å². The predicted octanol–water partition coefficient (Wildman–Crippen LogP) is 4.58. The molecule has 0 fully saturated rings. The van der Waals surface area contributed by atoms with Crippen molar-refractivity contribution >= 4 is 21.4 Å². The fourth-order valence-corrected chi connectivity index (χ4v) is 4.71. The van der Waals surface area contributed by atoms with Crippen molar-refractivity contribution in [3.05, 3.63) is 70.6 Å². The van der Waals surface area contributed by atoms with Gasteiger partial charge in [0.1, 0.15) is 0 Å². The van der Waals surface area contributed by atoms with Crippen molar-refractivity contribution in [2.75, 3.05) is 7.05 Å². The van der Waals surface area contributed by atoms with Gasteiger partial charge in [-0.05, 0) is 59.3 Å². The molecule has 1 aliphatic carbocycles. The summed E-state index contributed by atoms with van der Waals surface area (Å²) in [5.41, 5.74) is 4.51. The van der Waals surface area contributed by atoms with Gasteiger partial charge >= 0.3 is 0 Å². The van der Waals surface area contributed by atoms with Crippen LogP contribution in [0.3, 0.4) is 0 Å². The highest BCUT2D eigenvalue weighted by atomic mass is 32.1. The molecule has 0 spiro atoms. The zero-order valence-corrected chi connectivity index (χ0v) is 13.0. The van der Waals surface area contributed by atoms with Crippen LogP contribution in [0, 0.1) is 5.92 Å². The Morgan fingerprint density at radius 2 is 1.90 bits per heavy atom. The maximum atomic E-state index is 3.53. The van der Waals surface area contributed by atoms with Crippen molar-refractivity contribution in [2.45, 2.75) is 18.9 Å². The Kier molecular flexibility index (Phi) is 3.28. The summed E-state index contributed by atoms with van der Waals surface area (Å²) >= 11 is 1.87. The topological polar surface area (TPSA) is 12.0 Å². The second kappa shape index (κ2) is 5.28. The van der Waals surface area contributed by atoms with Crippen molar-refractivity contribution in [1.82, 2.24) is 5.32 Å². The summed E-state index contributed by atoms with van der Waals surface area (Å²) in [5, 5.41) is 7.32. The number of rotatable bonds is 3. The van der Waals surface area contributed by atoms with E-state index in [1.54, 1.807) is 0 Å². The van der Waals surface area contributed by atoms with Gasteiger partial charge in [0.05, 0.1) is 0 Å². The molecule has 0 amide bonds. The Bertz CT molecular complexity index is 774. The zero-order valence-electron chi connectivity index (χ0n) is 12.2. The van der Waals surface area contributed by atoms with E-state index in [1.807, 2.05) is 11.3 Å². The van der Waals surface area contributed by atoms with E-state index in [-0.39, 0.29) is 0 Å². The molecule has 2 heteroatoms. The second-order valence-corrected chi connectivity index (χ2v) is 6.80. The van der Waals surface area contributed by atoms with E-state index in [9.17, 15) is 0 Å². The van der Waals surface area contributed by atoms with Gasteiger partial charge < -0.3 is 5.32 Å². The van der Waals surface area contributed by atoms with E-state index >= 15 is 0 Å². The van der Waals surface area contributed by atoms with E-state index in [2.05, 4.69) is 66.3 Å². The van der Waals surface area contributed by atoms with Gasteiger partial charge in [-0.15, -0.1) is 11.3 Å². The molecule has 1 heterocycles. The lowest BCUT2D eigenvalue weighted by atomic mass is 9.93. The lowest BCUT2D eigenvalue weighted by Gasteiger charge is -2.19. The maximum Gasteiger partial charge on any atom is 0.0355 e. The standard InChI is InChI=1S/C19H19NS/c1-20-19-14(10-13-6-2-3-8-17(13)19)11-15-12-21-18-9-5-4-7-16(15)18/h2-9,12,14,19-20H,10-11H2,1H3. The highest BCUT2D eigenvalue weighted by molar-refractivity contribution is 7.17. The summed E-state index contributed by atoms with van der Waals surface area (Å²) in [7, 11) is 2.09. The number of hydrogen-bond donors (Lipinski definition) is 1. The summed E-state index contributed by atoms with van der Waals surface area (Å²) in [6, 6.07) is 18.1. The minimum Gasteiger partial charge on any atom is -0.313 e. The van der Waals surface area contributed by atoms with Crippen LogP contribution in [0.2, 0.25) is 0 Å². The van der Waals surface area contributed by atoms with E-state index in [4.69, 9.17) is 0 Å². The fraction of sp³-hybridized carbons (Fsp3) is 0.263. The van der Waals surface area contributed by atoms with Crippen molar-refractivity contribution in [1.29, 1.82) is 0 Å². The van der Waals surface area contributed by atoms with Gasteiger partial charge in [-0.1, -0.05) is 42.5 Å². The summed E-state index contributed by atoms with van der Waals surface area (Å²) < 4.78 is 1.41. The third kappa shape index (κ3) is 2.19. The second-order valence-electron chi connectivity index (χ2n) is 5.89. The molecule has 1 aromatic heterocycles. The van der Waals surface area contributed by atoms with E-state index < -0.39 is 0 Å². The molecule has 2 unspecified atom stereocenters. The van der Waals surface area contributed by atoms with Crippen LogP contribution in [0.4, 0.5) is 0 Å². The number of fused-ring (bicyclic) bond motifs is 2. The number of nitrogens with one attached hydrogen (secondary N) is 1. The molecule has 1 N–H and O–H groups in total. The number of benzene rings is 2. The summed E-state index contributed by atoms with van der Waals surface area (Å²) in [4.78, 5) is 0. The first kappa shape index (κ1) is 13.1. The average Bonchev–Trinajstić information content (AvgIpc) is 3.09. The molecule has 106 valence electrons. The largest absolute Gasteiger partial charge is 0.313 e. The molecule has 2 atom stereocenters. The first-order chi connectivity index (χ1) is 10.4. The average molecular weight is 293 g/mol. The molecule has 1 nitrogen and oxygen atoms in total. The highest BCUT2D eigenvalue weighted by Crippen LogP contribution is 2.39. The van der Waals surface area contributed by atoms with E-state index in [0.717, 1.165) is 6.42 Å². The molecule has 3 aromatic rings. The molecule has 2 aromatic carbocycles. The Morgan fingerprint density at radius 3 is 2.81 bits per heavy atom. The predicted molar refractivity (Wildman–Crippen MR) is 91.0 cm³/mol. The minimum atomic E-state index is 0.486. The van der Waals surface area contributed by atoms with Crippen LogP contribution in [-0.2, 0) is 12.8 Å². The van der Waals surface area contributed by atoms with Crippen molar-refractivity contribution < 1.29 is 0 Å². The maximum absolute atomic E-state index is 3.53. The van der Waals surface area contributed by atoms with E-state index in [1.165, 1.54) is 33.2 Å². The molecule has 4 rings (SSSR count). The van der Waals surface area contributed by atoms with Crippen LogP contribution in [0.25, 0.3) is 10.1 Å². The monoisotopic (exact) mass is 293 g/mol. The van der Waals surface area contributed by atoms with Gasteiger partial charge in [0, 0.05) is 10.7 Å². The van der Waals surface area contributed by atoms with Gasteiger partial charge in [-0.3, -0.25) is 0 Å². The SMILES string of the molecule is CNC1c2ccccc2CC1Cc1csc2ccccc12. The van der Waals surface area contributed by atoms with Crippen LogP contribution < -0.4 is 5.32 Å². The molecular formula is C19H19NS. The summed E-state index contributed by atoms with van der Waals surface area (Å²) in [6.45, 7) is 0. The van der Waals surface area contributed by atoms with Crippen LogP contribution in [0.15, 0.2) is 53.9 Å². The molecule has 0 saturated heterocycles. The molecule has 21 heavy (non-hydrogen) atoms. The molecule has 1 aliphatic rings. The lowest BCUT2D eigenvalue weighted by molar-refractivity contribution is 0.411. The van der Waals surface area contributed by atoms with Gasteiger partial charge in [0.15, 0.2) is 0 Å². The fourth-order valence-electron chi connectivity index (χ4n) is 3.73. The summed E-state index contributed by atoms with van der Waals surface area (Å²) in [5.74, 6) is 0.658. The smallest absolute Gasteiger partial charge is 0.0355 e.